The van der Waals surface area contributed by atoms with E-state index in [2.05, 4.69) is 35.7 Å². The Morgan fingerprint density at radius 3 is 2.58 bits per heavy atom. The van der Waals surface area contributed by atoms with Crippen LogP contribution in [0, 0.1) is 0 Å². The number of nitrogens with one attached hydrogen (secondary N) is 1. The van der Waals surface area contributed by atoms with Gasteiger partial charge in [-0.25, -0.2) is 0 Å². The van der Waals surface area contributed by atoms with Crippen LogP contribution in [0.4, 0.5) is 0 Å². The molecule has 0 aliphatic heterocycles. The van der Waals surface area contributed by atoms with Crippen LogP contribution in [0.25, 0.3) is 0 Å². The highest BCUT2D eigenvalue weighted by Gasteiger charge is 2.12. The number of rotatable bonds is 6. The van der Waals surface area contributed by atoms with Gasteiger partial charge in [-0.2, -0.15) is 5.10 Å². The molecule has 102 valence electrons. The number of hydrogen-bond acceptors (Lipinski definition) is 3. The van der Waals surface area contributed by atoms with Gasteiger partial charge in [-0.3, -0.25) is 4.68 Å². The second-order valence-electron chi connectivity index (χ2n) is 4.61. The van der Waals surface area contributed by atoms with Gasteiger partial charge in [-0.05, 0) is 30.7 Å². The topological polar surface area (TPSA) is 39.1 Å². The van der Waals surface area contributed by atoms with Crippen molar-refractivity contribution < 1.29 is 4.74 Å². The average molecular weight is 259 g/mol. The first kappa shape index (κ1) is 13.6. The van der Waals surface area contributed by atoms with Gasteiger partial charge in [-0.1, -0.05) is 19.1 Å². The SMILES string of the molecule is CCNC(Cc1ccc(OC)cc1)c1cnn(C)c1. The monoisotopic (exact) mass is 259 g/mol. The van der Waals surface area contributed by atoms with Gasteiger partial charge in [0.2, 0.25) is 0 Å². The lowest BCUT2D eigenvalue weighted by atomic mass is 10.0. The Labute approximate surface area is 114 Å². The molecule has 1 N–H and O–H groups in total. The standard InChI is InChI=1S/C15H21N3O/c1-4-16-15(13-10-17-18(2)11-13)9-12-5-7-14(19-3)8-6-12/h5-8,10-11,15-16H,4,9H2,1-3H3. The summed E-state index contributed by atoms with van der Waals surface area (Å²) >= 11 is 0. The third kappa shape index (κ3) is 3.58. The highest BCUT2D eigenvalue weighted by molar-refractivity contribution is 5.28. The summed E-state index contributed by atoms with van der Waals surface area (Å²) < 4.78 is 7.02. The molecule has 0 amide bonds. The number of likely N-dealkylation sites (N-methyl/N-ethyl adjacent to an activating group) is 1. The Morgan fingerprint density at radius 1 is 1.32 bits per heavy atom. The number of aryl methyl sites for hydroxylation is 1. The molecule has 1 aromatic carbocycles. The maximum absolute atomic E-state index is 5.18. The number of aromatic nitrogens is 2. The smallest absolute Gasteiger partial charge is 0.118 e. The average Bonchev–Trinajstić information content (AvgIpc) is 2.86. The molecular weight excluding hydrogens is 238 g/mol. The molecule has 0 spiro atoms. The Bertz CT molecular complexity index is 504. The van der Waals surface area contributed by atoms with Crippen molar-refractivity contribution in [1.29, 1.82) is 0 Å². The van der Waals surface area contributed by atoms with Gasteiger partial charge >= 0.3 is 0 Å². The van der Waals surface area contributed by atoms with Crippen LogP contribution in [0.2, 0.25) is 0 Å². The zero-order valence-electron chi connectivity index (χ0n) is 11.8. The molecule has 1 heterocycles. The van der Waals surface area contributed by atoms with E-state index in [1.54, 1.807) is 7.11 Å². The molecule has 2 aromatic rings. The Balaban J connectivity index is 2.11. The molecule has 4 nitrogen and oxygen atoms in total. The van der Waals surface area contributed by atoms with E-state index in [4.69, 9.17) is 4.74 Å². The zero-order valence-corrected chi connectivity index (χ0v) is 11.8. The minimum atomic E-state index is 0.298. The predicted molar refractivity (Wildman–Crippen MR) is 76.3 cm³/mol. The van der Waals surface area contributed by atoms with E-state index >= 15 is 0 Å². The Hall–Kier alpha value is -1.81. The van der Waals surface area contributed by atoms with Gasteiger partial charge in [0.05, 0.1) is 13.3 Å². The van der Waals surface area contributed by atoms with E-state index in [1.807, 2.05) is 30.1 Å². The molecule has 1 atom stereocenters. The van der Waals surface area contributed by atoms with E-state index in [-0.39, 0.29) is 0 Å². The molecule has 1 unspecified atom stereocenters. The molecule has 0 bridgehead atoms. The van der Waals surface area contributed by atoms with Gasteiger partial charge < -0.3 is 10.1 Å². The van der Waals surface area contributed by atoms with Crippen LogP contribution >= 0.6 is 0 Å². The molecule has 2 rings (SSSR count). The van der Waals surface area contributed by atoms with E-state index in [1.165, 1.54) is 11.1 Å². The van der Waals surface area contributed by atoms with Crippen molar-refractivity contribution in [2.45, 2.75) is 19.4 Å². The summed E-state index contributed by atoms with van der Waals surface area (Å²) in [6.07, 6.45) is 4.94. The van der Waals surface area contributed by atoms with Gasteiger partial charge in [0.15, 0.2) is 0 Å². The molecule has 4 heteroatoms. The summed E-state index contributed by atoms with van der Waals surface area (Å²) in [6, 6.07) is 8.52. The summed E-state index contributed by atoms with van der Waals surface area (Å²) in [7, 11) is 3.63. The first-order chi connectivity index (χ1) is 9.22. The quantitative estimate of drug-likeness (QED) is 0.865. The van der Waals surface area contributed by atoms with Crippen LogP contribution in [0.15, 0.2) is 36.7 Å². The van der Waals surface area contributed by atoms with E-state index in [9.17, 15) is 0 Å². The van der Waals surface area contributed by atoms with Gasteiger partial charge in [0, 0.05) is 24.8 Å². The van der Waals surface area contributed by atoms with Crippen molar-refractivity contribution in [2.75, 3.05) is 13.7 Å². The van der Waals surface area contributed by atoms with Gasteiger partial charge in [0.25, 0.3) is 0 Å². The lowest BCUT2D eigenvalue weighted by molar-refractivity contribution is 0.414. The molecule has 0 saturated heterocycles. The summed E-state index contributed by atoms with van der Waals surface area (Å²) in [6.45, 7) is 3.06. The van der Waals surface area contributed by atoms with Crippen LogP contribution in [-0.4, -0.2) is 23.4 Å². The molecule has 1 aromatic heterocycles. The molecule has 0 saturated carbocycles. The predicted octanol–water partition coefficient (Wildman–Crippen LogP) is 2.32. The second-order valence-corrected chi connectivity index (χ2v) is 4.61. The van der Waals surface area contributed by atoms with Gasteiger partial charge in [-0.15, -0.1) is 0 Å². The summed E-state index contributed by atoms with van der Waals surface area (Å²) in [5.41, 5.74) is 2.51. The largest absolute Gasteiger partial charge is 0.497 e. The number of hydrogen-bond donors (Lipinski definition) is 1. The number of nitrogens with zero attached hydrogens (tertiary/aromatic N) is 2. The maximum Gasteiger partial charge on any atom is 0.118 e. The lowest BCUT2D eigenvalue weighted by Crippen LogP contribution is -2.22. The van der Waals surface area contributed by atoms with Crippen molar-refractivity contribution in [1.82, 2.24) is 15.1 Å². The van der Waals surface area contributed by atoms with E-state index in [0.29, 0.717) is 6.04 Å². The number of ether oxygens (including phenoxy) is 1. The molecule has 0 fully saturated rings. The Kier molecular flexibility index (Phi) is 4.58. The Morgan fingerprint density at radius 2 is 2.05 bits per heavy atom. The van der Waals surface area contributed by atoms with E-state index in [0.717, 1.165) is 18.7 Å². The summed E-state index contributed by atoms with van der Waals surface area (Å²) in [5.74, 6) is 0.894. The molecule has 0 aliphatic rings. The third-order valence-corrected chi connectivity index (χ3v) is 3.18. The molecule has 0 aliphatic carbocycles. The minimum Gasteiger partial charge on any atom is -0.497 e. The number of methoxy groups -OCH3 is 1. The van der Waals surface area contributed by atoms with Crippen molar-refractivity contribution >= 4 is 0 Å². The fourth-order valence-electron chi connectivity index (χ4n) is 2.17. The van der Waals surface area contributed by atoms with Crippen LogP contribution < -0.4 is 10.1 Å². The fourth-order valence-corrected chi connectivity index (χ4v) is 2.17. The van der Waals surface area contributed by atoms with Crippen molar-refractivity contribution in [3.8, 4) is 5.75 Å². The maximum atomic E-state index is 5.18. The van der Waals surface area contributed by atoms with Crippen molar-refractivity contribution in [2.24, 2.45) is 7.05 Å². The zero-order chi connectivity index (χ0) is 13.7. The fraction of sp³-hybridized carbons (Fsp3) is 0.400. The minimum absolute atomic E-state index is 0.298. The van der Waals surface area contributed by atoms with Crippen LogP contribution in [0.1, 0.15) is 24.1 Å². The van der Waals surface area contributed by atoms with Crippen molar-refractivity contribution in [3.05, 3.63) is 47.8 Å². The molecular formula is C15H21N3O. The van der Waals surface area contributed by atoms with Crippen LogP contribution in [0.5, 0.6) is 5.75 Å². The molecule has 19 heavy (non-hydrogen) atoms. The van der Waals surface area contributed by atoms with Gasteiger partial charge in [0.1, 0.15) is 5.75 Å². The van der Waals surface area contributed by atoms with Crippen molar-refractivity contribution in [3.63, 3.8) is 0 Å². The number of benzene rings is 1. The molecule has 0 radical (unpaired) electrons. The van der Waals surface area contributed by atoms with Crippen LogP contribution in [-0.2, 0) is 13.5 Å². The first-order valence-electron chi connectivity index (χ1n) is 6.57. The highest BCUT2D eigenvalue weighted by Crippen LogP contribution is 2.19. The first-order valence-corrected chi connectivity index (χ1v) is 6.57. The lowest BCUT2D eigenvalue weighted by Gasteiger charge is -2.16. The second kappa shape index (κ2) is 6.38. The third-order valence-electron chi connectivity index (χ3n) is 3.18. The summed E-state index contributed by atoms with van der Waals surface area (Å²) in [4.78, 5) is 0. The normalized spacial score (nSPS) is 12.4. The van der Waals surface area contributed by atoms with E-state index < -0.39 is 0 Å². The highest BCUT2D eigenvalue weighted by atomic mass is 16.5. The van der Waals surface area contributed by atoms with Crippen LogP contribution in [0.3, 0.4) is 0 Å². The summed E-state index contributed by atoms with van der Waals surface area (Å²) in [5, 5.41) is 7.75.